The highest BCUT2D eigenvalue weighted by Gasteiger charge is 2.22. The van der Waals surface area contributed by atoms with Gasteiger partial charge in [-0.15, -0.1) is 0 Å². The number of ketones is 1. The molecule has 1 aliphatic carbocycles. The maximum Gasteiger partial charge on any atom is 0.129 e. The predicted molar refractivity (Wildman–Crippen MR) is 132 cm³/mol. The summed E-state index contributed by atoms with van der Waals surface area (Å²) in [6.45, 7) is 2.26. The Labute approximate surface area is 194 Å². The van der Waals surface area contributed by atoms with Crippen molar-refractivity contribution < 1.29 is 4.79 Å². The number of benzene rings is 2. The van der Waals surface area contributed by atoms with Gasteiger partial charge in [-0.05, 0) is 49.9 Å². The molecular weight excluding hydrogens is 410 g/mol. The van der Waals surface area contributed by atoms with Crippen molar-refractivity contribution in [2.24, 2.45) is 4.99 Å². The summed E-state index contributed by atoms with van der Waals surface area (Å²) in [4.78, 5) is 20.6. The average Bonchev–Trinajstić information content (AvgIpc) is 3.48. The topological polar surface area (TPSA) is 83.1 Å². The van der Waals surface area contributed by atoms with Gasteiger partial charge in [-0.1, -0.05) is 25.3 Å². The molecule has 2 aliphatic rings. The molecule has 0 bridgehead atoms. The Balaban J connectivity index is 1.51. The molecular formula is C27H29N5O. The highest BCUT2D eigenvalue weighted by molar-refractivity contribution is 5.94. The maximum absolute atomic E-state index is 11.3. The van der Waals surface area contributed by atoms with E-state index < -0.39 is 0 Å². The lowest BCUT2D eigenvalue weighted by Gasteiger charge is -2.23. The van der Waals surface area contributed by atoms with Gasteiger partial charge in [-0.2, -0.15) is 5.26 Å². The van der Waals surface area contributed by atoms with E-state index in [1.165, 1.54) is 37.6 Å². The minimum Gasteiger partial charge on any atom is -0.384 e. The van der Waals surface area contributed by atoms with Crippen molar-refractivity contribution in [1.82, 2.24) is 9.55 Å². The fourth-order valence-corrected chi connectivity index (χ4v) is 5.20. The zero-order chi connectivity index (χ0) is 22.8. The van der Waals surface area contributed by atoms with Crippen LogP contribution < -0.4 is 5.32 Å². The van der Waals surface area contributed by atoms with E-state index in [0.717, 1.165) is 40.0 Å². The van der Waals surface area contributed by atoms with Crippen molar-refractivity contribution in [2.75, 3.05) is 11.9 Å². The van der Waals surface area contributed by atoms with E-state index in [0.29, 0.717) is 31.0 Å². The van der Waals surface area contributed by atoms with Gasteiger partial charge in [0.25, 0.3) is 0 Å². The van der Waals surface area contributed by atoms with Gasteiger partial charge in [0.15, 0.2) is 0 Å². The Morgan fingerprint density at radius 2 is 2.09 bits per heavy atom. The van der Waals surface area contributed by atoms with Crippen LogP contribution in [0.2, 0.25) is 0 Å². The summed E-state index contributed by atoms with van der Waals surface area (Å²) in [5.41, 5.74) is 7.56. The first kappa shape index (κ1) is 21.4. The van der Waals surface area contributed by atoms with Crippen LogP contribution in [0.4, 0.5) is 11.4 Å². The van der Waals surface area contributed by atoms with Crippen LogP contribution in [0.1, 0.15) is 69.0 Å². The minimum absolute atomic E-state index is 0.182. The van der Waals surface area contributed by atoms with Crippen LogP contribution in [-0.2, 0) is 11.2 Å². The molecule has 0 atom stereocenters. The van der Waals surface area contributed by atoms with Gasteiger partial charge >= 0.3 is 0 Å². The number of nitrogens with one attached hydrogen (secondary N) is 1. The van der Waals surface area contributed by atoms with Crippen LogP contribution in [0.15, 0.2) is 35.6 Å². The molecule has 6 nitrogen and oxygen atoms in total. The van der Waals surface area contributed by atoms with Crippen LogP contribution in [0.25, 0.3) is 22.2 Å². The molecule has 0 radical (unpaired) electrons. The lowest BCUT2D eigenvalue weighted by Crippen LogP contribution is -2.11. The summed E-state index contributed by atoms with van der Waals surface area (Å²) < 4.78 is 2.35. The molecule has 2 aromatic carbocycles. The molecule has 0 saturated heterocycles. The average molecular weight is 440 g/mol. The van der Waals surface area contributed by atoms with Crippen LogP contribution in [0.5, 0.6) is 0 Å². The van der Waals surface area contributed by atoms with Crippen LogP contribution in [0.3, 0.4) is 0 Å². The molecule has 168 valence electrons. The summed E-state index contributed by atoms with van der Waals surface area (Å²) in [5, 5.41) is 13.2. The Kier molecular flexibility index (Phi) is 5.95. The largest absolute Gasteiger partial charge is 0.384 e. The second-order valence-electron chi connectivity index (χ2n) is 9.18. The lowest BCUT2D eigenvalue weighted by molar-refractivity contribution is -0.117. The Hall–Kier alpha value is -3.46. The number of nitrogens with zero attached hydrogens (tertiary/aromatic N) is 4. The molecule has 1 saturated carbocycles. The van der Waals surface area contributed by atoms with Gasteiger partial charge in [0.05, 0.1) is 34.3 Å². The van der Waals surface area contributed by atoms with E-state index in [-0.39, 0.29) is 5.78 Å². The number of nitriles is 1. The van der Waals surface area contributed by atoms with Gasteiger partial charge in [0.1, 0.15) is 11.9 Å². The fourth-order valence-electron chi connectivity index (χ4n) is 5.20. The summed E-state index contributed by atoms with van der Waals surface area (Å²) in [6, 6.07) is 11.4. The highest BCUT2D eigenvalue weighted by atomic mass is 16.1. The second-order valence-corrected chi connectivity index (χ2v) is 9.18. The van der Waals surface area contributed by atoms with E-state index in [2.05, 4.69) is 39.1 Å². The SMILES string of the molecule is CC(=O)CCCNc1cc(-c2ccc3c(c2)ncn3C2CCCCC2)c2c(c1C#N)CC=N2. The van der Waals surface area contributed by atoms with Gasteiger partial charge in [-0.3, -0.25) is 4.99 Å². The summed E-state index contributed by atoms with van der Waals surface area (Å²) in [7, 11) is 0. The summed E-state index contributed by atoms with van der Waals surface area (Å²) in [6.07, 6.45) is 12.2. The highest BCUT2D eigenvalue weighted by Crippen LogP contribution is 2.42. The quantitative estimate of drug-likeness (QED) is 0.450. The van der Waals surface area contributed by atoms with E-state index in [1.807, 2.05) is 18.6 Å². The number of fused-ring (bicyclic) bond motifs is 2. The Morgan fingerprint density at radius 1 is 1.24 bits per heavy atom. The molecule has 1 aliphatic heterocycles. The molecule has 0 unspecified atom stereocenters. The number of aliphatic imine (C=N–C) groups is 1. The third-order valence-corrected chi connectivity index (χ3v) is 6.90. The zero-order valence-electron chi connectivity index (χ0n) is 19.1. The maximum atomic E-state index is 11.3. The summed E-state index contributed by atoms with van der Waals surface area (Å²) >= 11 is 0. The fraction of sp³-hybridized carbons (Fsp3) is 0.407. The van der Waals surface area contributed by atoms with Crippen molar-refractivity contribution in [3.8, 4) is 17.2 Å². The van der Waals surface area contributed by atoms with Crippen molar-refractivity contribution in [3.63, 3.8) is 0 Å². The molecule has 0 amide bonds. The van der Waals surface area contributed by atoms with Crippen LogP contribution in [-0.4, -0.2) is 28.1 Å². The van der Waals surface area contributed by atoms with Crippen LogP contribution >= 0.6 is 0 Å². The number of aromatic nitrogens is 2. The number of carbonyl (C=O) groups excluding carboxylic acids is 1. The normalized spacial score (nSPS) is 15.5. The monoisotopic (exact) mass is 439 g/mol. The minimum atomic E-state index is 0.182. The zero-order valence-corrected chi connectivity index (χ0v) is 19.1. The van der Waals surface area contributed by atoms with E-state index in [4.69, 9.17) is 4.98 Å². The molecule has 1 N–H and O–H groups in total. The molecule has 1 aromatic heterocycles. The van der Waals surface area contributed by atoms with Gasteiger partial charge in [0, 0.05) is 42.8 Å². The molecule has 2 heterocycles. The van der Waals surface area contributed by atoms with Crippen molar-refractivity contribution in [2.45, 2.75) is 64.3 Å². The predicted octanol–water partition coefficient (Wildman–Crippen LogP) is 6.12. The first-order valence-electron chi connectivity index (χ1n) is 12.0. The molecule has 5 rings (SSSR count). The first-order valence-corrected chi connectivity index (χ1v) is 12.0. The number of rotatable bonds is 7. The number of anilines is 1. The lowest BCUT2D eigenvalue weighted by atomic mass is 9.94. The van der Waals surface area contributed by atoms with Crippen molar-refractivity contribution in [3.05, 3.63) is 41.7 Å². The number of hydrogen-bond acceptors (Lipinski definition) is 5. The molecule has 33 heavy (non-hydrogen) atoms. The van der Waals surface area contributed by atoms with Crippen molar-refractivity contribution in [1.29, 1.82) is 5.26 Å². The smallest absolute Gasteiger partial charge is 0.129 e. The third-order valence-electron chi connectivity index (χ3n) is 6.90. The van der Waals surface area contributed by atoms with Gasteiger partial charge in [0.2, 0.25) is 0 Å². The third kappa shape index (κ3) is 4.16. The molecule has 0 spiro atoms. The number of hydrogen-bond donors (Lipinski definition) is 1. The van der Waals surface area contributed by atoms with Crippen molar-refractivity contribution >= 4 is 34.4 Å². The Morgan fingerprint density at radius 3 is 2.88 bits per heavy atom. The first-order chi connectivity index (χ1) is 16.2. The molecule has 3 aromatic rings. The van der Waals surface area contributed by atoms with E-state index in [9.17, 15) is 10.1 Å². The second kappa shape index (κ2) is 9.19. The standard InChI is InChI=1S/C27H29N5O/c1-18(33)6-5-12-29-24-15-22(27-21(11-13-30-27)23(24)16-28)19-9-10-26-25(14-19)31-17-32(26)20-7-3-2-4-8-20/h9-10,13-15,17,20,29H,2-8,11-12H2,1H3. The number of carbonyl (C=O) groups is 1. The molecule has 1 fully saturated rings. The van der Waals surface area contributed by atoms with Crippen LogP contribution in [0, 0.1) is 11.3 Å². The number of imidazole rings is 1. The van der Waals surface area contributed by atoms with E-state index in [1.54, 1.807) is 6.92 Å². The van der Waals surface area contributed by atoms with E-state index >= 15 is 0 Å². The summed E-state index contributed by atoms with van der Waals surface area (Å²) in [5.74, 6) is 0.182. The molecule has 6 heteroatoms. The number of Topliss-reactive ketones (excluding diaryl/α,β-unsaturated/α-hetero) is 1. The van der Waals surface area contributed by atoms with Gasteiger partial charge in [-0.25, -0.2) is 4.98 Å². The van der Waals surface area contributed by atoms with Gasteiger partial charge < -0.3 is 14.7 Å². The Bertz CT molecular complexity index is 1270.